The molecule has 1 aromatic rings. The number of hydrogen-bond donors (Lipinski definition) is 0. The van der Waals surface area contributed by atoms with Crippen molar-refractivity contribution in [2.24, 2.45) is 0 Å². The predicted molar refractivity (Wildman–Crippen MR) is 78.9 cm³/mol. The molecule has 0 saturated heterocycles. The van der Waals surface area contributed by atoms with Crippen LogP contribution in [-0.2, 0) is 0 Å². The van der Waals surface area contributed by atoms with Gasteiger partial charge in [-0.15, -0.1) is 0 Å². The number of aryl methyl sites for hydroxylation is 2. The fourth-order valence-corrected chi connectivity index (χ4v) is 2.79. The topological polar surface area (TPSA) is 6.25 Å². The summed E-state index contributed by atoms with van der Waals surface area (Å²) in [5.74, 6) is 0. The van der Waals surface area contributed by atoms with Crippen molar-refractivity contribution in [1.29, 1.82) is 0 Å². The van der Waals surface area contributed by atoms with Crippen molar-refractivity contribution in [3.8, 4) is 0 Å². The molecule has 3 heteroatoms. The lowest BCUT2D eigenvalue weighted by Gasteiger charge is -2.23. The monoisotopic (exact) mass is 263 g/mol. The van der Waals surface area contributed by atoms with Gasteiger partial charge in [-0.3, -0.25) is 0 Å². The van der Waals surface area contributed by atoms with Crippen molar-refractivity contribution in [2.75, 3.05) is 25.5 Å². The third-order valence-electron chi connectivity index (χ3n) is 3.23. The largest absolute Gasteiger partial charge is 0.331 e. The molecule has 0 radical (unpaired) electrons. The summed E-state index contributed by atoms with van der Waals surface area (Å²) in [5.41, 5.74) is 5.02. The third kappa shape index (κ3) is 2.44. The highest BCUT2D eigenvalue weighted by Crippen LogP contribution is 2.34. The number of nitrogens with zero attached hydrogens (tertiary/aromatic N) is 2. The number of para-hydroxylation sites is 1. The van der Waals surface area contributed by atoms with Gasteiger partial charge in [0.2, 0.25) is 0 Å². The number of hydrogen-bond acceptors (Lipinski definition) is 1. The number of benzene rings is 1. The van der Waals surface area contributed by atoms with Gasteiger partial charge in [0, 0.05) is 12.2 Å². The molecule has 1 aromatic carbocycles. The van der Waals surface area contributed by atoms with E-state index in [4.69, 9.17) is 11.6 Å². The Morgan fingerprint density at radius 2 is 1.83 bits per heavy atom. The van der Waals surface area contributed by atoms with Crippen LogP contribution in [0.1, 0.15) is 17.5 Å². The van der Waals surface area contributed by atoms with Crippen LogP contribution in [0.15, 0.2) is 28.9 Å². The second kappa shape index (κ2) is 5.15. The number of rotatable bonds is 2. The summed E-state index contributed by atoms with van der Waals surface area (Å²) < 4.78 is 2.05. The van der Waals surface area contributed by atoms with Crippen LogP contribution in [0.3, 0.4) is 0 Å². The van der Waals surface area contributed by atoms with Gasteiger partial charge in [-0.2, -0.15) is 0 Å². The Morgan fingerprint density at radius 3 is 2.39 bits per heavy atom. The van der Waals surface area contributed by atoms with E-state index in [1.165, 1.54) is 22.4 Å². The first-order valence-electron chi connectivity index (χ1n) is 6.24. The van der Waals surface area contributed by atoms with E-state index in [0.29, 0.717) is 0 Å². The average molecular weight is 264 g/mol. The molecule has 0 aliphatic carbocycles. The van der Waals surface area contributed by atoms with Crippen LogP contribution < -0.4 is 4.90 Å². The Kier molecular flexibility index (Phi) is 3.76. The van der Waals surface area contributed by atoms with Crippen LogP contribution in [0.5, 0.6) is 0 Å². The molecule has 18 heavy (non-hydrogen) atoms. The van der Waals surface area contributed by atoms with Crippen LogP contribution in [0.4, 0.5) is 5.69 Å². The summed E-state index contributed by atoms with van der Waals surface area (Å²) in [6.07, 6.45) is 3.11. The van der Waals surface area contributed by atoms with E-state index in [2.05, 4.69) is 43.2 Å². The molecule has 0 atom stereocenters. The lowest BCUT2D eigenvalue weighted by Crippen LogP contribution is -2.18. The summed E-state index contributed by atoms with van der Waals surface area (Å²) in [6.45, 7) is 5.24. The molecule has 0 spiro atoms. The SMILES string of the molecule is Cc1cccc(C)c1N1CCC(C=[N+](C)C)=C1Cl. The van der Waals surface area contributed by atoms with Gasteiger partial charge in [0.05, 0.1) is 5.57 Å². The van der Waals surface area contributed by atoms with Gasteiger partial charge in [0.25, 0.3) is 0 Å². The summed E-state index contributed by atoms with van der Waals surface area (Å²) in [5, 5.41) is 0.862. The molecule has 0 bridgehead atoms. The van der Waals surface area contributed by atoms with E-state index in [1.54, 1.807) is 0 Å². The van der Waals surface area contributed by atoms with E-state index in [0.717, 1.165) is 18.1 Å². The lowest BCUT2D eigenvalue weighted by atomic mass is 10.1. The maximum Gasteiger partial charge on any atom is 0.169 e. The minimum absolute atomic E-state index is 0.862. The third-order valence-corrected chi connectivity index (χ3v) is 3.68. The van der Waals surface area contributed by atoms with Crippen molar-refractivity contribution in [3.63, 3.8) is 0 Å². The van der Waals surface area contributed by atoms with Gasteiger partial charge < -0.3 is 4.90 Å². The normalized spacial score (nSPS) is 15.3. The Hall–Kier alpha value is -1.28. The molecule has 2 nitrogen and oxygen atoms in total. The van der Waals surface area contributed by atoms with Gasteiger partial charge in [-0.25, -0.2) is 4.58 Å². The summed E-state index contributed by atoms with van der Waals surface area (Å²) in [6, 6.07) is 6.37. The minimum Gasteiger partial charge on any atom is -0.331 e. The molecule has 0 unspecified atom stereocenters. The molecular weight excluding hydrogens is 244 g/mol. The molecule has 1 aliphatic heterocycles. The van der Waals surface area contributed by atoms with Crippen LogP contribution in [0, 0.1) is 13.8 Å². The highest BCUT2D eigenvalue weighted by atomic mass is 35.5. The molecule has 0 N–H and O–H groups in total. The Labute approximate surface area is 114 Å². The maximum absolute atomic E-state index is 6.51. The number of halogens is 1. The zero-order valence-electron chi connectivity index (χ0n) is 11.5. The van der Waals surface area contributed by atoms with Crippen LogP contribution >= 0.6 is 11.6 Å². The van der Waals surface area contributed by atoms with E-state index in [1.807, 2.05) is 18.7 Å². The molecule has 96 valence electrons. The van der Waals surface area contributed by atoms with E-state index >= 15 is 0 Å². The van der Waals surface area contributed by atoms with E-state index in [9.17, 15) is 0 Å². The van der Waals surface area contributed by atoms with Gasteiger partial charge in [0.1, 0.15) is 19.3 Å². The lowest BCUT2D eigenvalue weighted by molar-refractivity contribution is -0.459. The quantitative estimate of drug-likeness (QED) is 0.451. The molecule has 1 heterocycles. The zero-order chi connectivity index (χ0) is 13.3. The molecule has 0 saturated carbocycles. The summed E-state index contributed by atoms with van der Waals surface area (Å²) in [7, 11) is 4.05. The predicted octanol–water partition coefficient (Wildman–Crippen LogP) is 3.31. The average Bonchev–Trinajstić information content (AvgIpc) is 2.61. The fourth-order valence-electron chi connectivity index (χ4n) is 2.48. The summed E-state index contributed by atoms with van der Waals surface area (Å²) in [4.78, 5) is 2.22. The summed E-state index contributed by atoms with van der Waals surface area (Å²) >= 11 is 6.51. The van der Waals surface area contributed by atoms with Crippen LogP contribution in [0.2, 0.25) is 0 Å². The van der Waals surface area contributed by atoms with Crippen molar-refractivity contribution in [3.05, 3.63) is 40.1 Å². The molecule has 0 amide bonds. The smallest absolute Gasteiger partial charge is 0.169 e. The Morgan fingerprint density at radius 1 is 1.22 bits per heavy atom. The molecule has 0 fully saturated rings. The molecule has 0 aromatic heterocycles. The standard InChI is InChI=1S/C15H20ClN2/c1-11-6-5-7-12(2)14(11)18-9-8-13(15(18)16)10-17(3)4/h5-7,10H,8-9H2,1-4H3/q+1. The molecule has 1 aliphatic rings. The van der Waals surface area contributed by atoms with Crippen LogP contribution in [0.25, 0.3) is 0 Å². The fraction of sp³-hybridized carbons (Fsp3) is 0.400. The first-order valence-corrected chi connectivity index (χ1v) is 6.62. The Balaban J connectivity index is 2.43. The first-order chi connectivity index (χ1) is 8.50. The zero-order valence-corrected chi connectivity index (χ0v) is 12.3. The van der Waals surface area contributed by atoms with Crippen LogP contribution in [-0.4, -0.2) is 31.4 Å². The van der Waals surface area contributed by atoms with Crippen molar-refractivity contribution >= 4 is 23.5 Å². The second-order valence-corrected chi connectivity index (χ2v) is 5.41. The van der Waals surface area contributed by atoms with E-state index in [-0.39, 0.29) is 0 Å². The minimum atomic E-state index is 0.862. The first kappa shape index (κ1) is 13.2. The maximum atomic E-state index is 6.51. The van der Waals surface area contributed by atoms with E-state index < -0.39 is 0 Å². The second-order valence-electron chi connectivity index (χ2n) is 5.05. The number of anilines is 1. The van der Waals surface area contributed by atoms with Crippen molar-refractivity contribution < 1.29 is 4.58 Å². The van der Waals surface area contributed by atoms with Gasteiger partial charge in [-0.05, 0) is 31.4 Å². The highest BCUT2D eigenvalue weighted by molar-refractivity contribution is 6.33. The highest BCUT2D eigenvalue weighted by Gasteiger charge is 2.24. The van der Waals surface area contributed by atoms with Gasteiger partial charge >= 0.3 is 0 Å². The van der Waals surface area contributed by atoms with Gasteiger partial charge in [-0.1, -0.05) is 29.8 Å². The molecular formula is C15H20ClN2+. The van der Waals surface area contributed by atoms with Gasteiger partial charge in [0.15, 0.2) is 6.21 Å². The Bertz CT molecular complexity index is 505. The van der Waals surface area contributed by atoms with Crippen molar-refractivity contribution in [2.45, 2.75) is 20.3 Å². The molecule has 2 rings (SSSR count). The van der Waals surface area contributed by atoms with Crippen molar-refractivity contribution in [1.82, 2.24) is 0 Å².